The van der Waals surface area contributed by atoms with Crippen molar-refractivity contribution in [1.82, 2.24) is 4.98 Å². The number of halogens is 1. The molecule has 0 unspecified atom stereocenters. The highest BCUT2D eigenvalue weighted by Crippen LogP contribution is 2.26. The molecule has 0 bridgehead atoms. The van der Waals surface area contributed by atoms with Crippen LogP contribution in [0.15, 0.2) is 28.8 Å². The van der Waals surface area contributed by atoms with Crippen molar-refractivity contribution < 1.29 is 9.34 Å². The van der Waals surface area contributed by atoms with Gasteiger partial charge in [-0.25, -0.2) is 4.98 Å². The van der Waals surface area contributed by atoms with E-state index in [1.807, 2.05) is 6.92 Å². The van der Waals surface area contributed by atoms with Crippen LogP contribution in [-0.2, 0) is 13.0 Å². The molecule has 1 aromatic heterocycles. The number of hydrogen-bond acceptors (Lipinski definition) is 5. The van der Waals surface area contributed by atoms with Gasteiger partial charge in [-0.05, 0) is 6.07 Å². The van der Waals surface area contributed by atoms with E-state index in [4.69, 9.17) is 16.0 Å². The molecule has 1 aromatic carbocycles. The molecule has 7 heteroatoms. The summed E-state index contributed by atoms with van der Waals surface area (Å²) in [6.45, 7) is 2.35. The lowest BCUT2D eigenvalue weighted by Crippen LogP contribution is -2.00. The van der Waals surface area contributed by atoms with Crippen LogP contribution in [0.25, 0.3) is 0 Å². The van der Waals surface area contributed by atoms with E-state index in [9.17, 15) is 10.1 Å². The summed E-state index contributed by atoms with van der Waals surface area (Å²) in [5.74, 6) is 1.36. The Morgan fingerprint density at radius 2 is 2.32 bits per heavy atom. The van der Waals surface area contributed by atoms with Gasteiger partial charge in [0.2, 0.25) is 5.89 Å². The van der Waals surface area contributed by atoms with Gasteiger partial charge in [0.1, 0.15) is 5.76 Å². The Kier molecular flexibility index (Phi) is 4.01. The van der Waals surface area contributed by atoms with Crippen molar-refractivity contribution in [1.29, 1.82) is 0 Å². The third kappa shape index (κ3) is 3.23. The second kappa shape index (κ2) is 5.71. The zero-order chi connectivity index (χ0) is 13.8. The Morgan fingerprint density at radius 1 is 1.53 bits per heavy atom. The lowest BCUT2D eigenvalue weighted by Gasteiger charge is -2.05. The van der Waals surface area contributed by atoms with E-state index in [2.05, 4.69) is 10.3 Å². The molecule has 0 aliphatic carbocycles. The molecule has 100 valence electrons. The lowest BCUT2D eigenvalue weighted by molar-refractivity contribution is -0.384. The van der Waals surface area contributed by atoms with Gasteiger partial charge in [0, 0.05) is 18.6 Å². The second-order valence-electron chi connectivity index (χ2n) is 3.85. The van der Waals surface area contributed by atoms with Crippen LogP contribution in [0.2, 0.25) is 5.02 Å². The fraction of sp³-hybridized carbons (Fsp3) is 0.250. The molecule has 0 amide bonds. The SMILES string of the molecule is CCc1cnc(CNc2ccc([N+](=O)[O-])cc2Cl)o1. The number of non-ortho nitro benzene ring substituents is 1. The highest BCUT2D eigenvalue weighted by Gasteiger charge is 2.10. The van der Waals surface area contributed by atoms with Gasteiger partial charge in [-0.3, -0.25) is 10.1 Å². The number of anilines is 1. The summed E-state index contributed by atoms with van der Waals surface area (Å²) in [5.41, 5.74) is 0.559. The number of aromatic nitrogens is 1. The van der Waals surface area contributed by atoms with Crippen LogP contribution in [-0.4, -0.2) is 9.91 Å². The minimum absolute atomic E-state index is 0.0417. The molecule has 6 nitrogen and oxygen atoms in total. The fourth-order valence-electron chi connectivity index (χ4n) is 1.52. The Morgan fingerprint density at radius 3 is 2.89 bits per heavy atom. The Hall–Kier alpha value is -2.08. The molecule has 0 atom stereocenters. The van der Waals surface area contributed by atoms with Crippen LogP contribution >= 0.6 is 11.6 Å². The number of oxazole rings is 1. The summed E-state index contributed by atoms with van der Waals surface area (Å²) < 4.78 is 5.43. The van der Waals surface area contributed by atoms with Gasteiger partial charge in [0.25, 0.3) is 5.69 Å². The number of nitrogens with one attached hydrogen (secondary N) is 1. The third-order valence-corrected chi connectivity index (χ3v) is 2.86. The van der Waals surface area contributed by atoms with Crippen LogP contribution in [0.4, 0.5) is 11.4 Å². The number of nitro groups is 1. The largest absolute Gasteiger partial charge is 0.444 e. The Bertz CT molecular complexity index is 598. The fourth-order valence-corrected chi connectivity index (χ4v) is 1.77. The summed E-state index contributed by atoms with van der Waals surface area (Å²) in [6.07, 6.45) is 2.46. The van der Waals surface area contributed by atoms with E-state index in [1.54, 1.807) is 12.3 Å². The molecule has 0 spiro atoms. The van der Waals surface area contributed by atoms with Crippen LogP contribution in [0.1, 0.15) is 18.6 Å². The summed E-state index contributed by atoms with van der Waals surface area (Å²) in [5, 5.41) is 13.9. The molecule has 0 fully saturated rings. The van der Waals surface area contributed by atoms with E-state index in [0.29, 0.717) is 18.1 Å². The van der Waals surface area contributed by atoms with Crippen LogP contribution in [0.5, 0.6) is 0 Å². The topological polar surface area (TPSA) is 81.2 Å². The van der Waals surface area contributed by atoms with Gasteiger partial charge >= 0.3 is 0 Å². The van der Waals surface area contributed by atoms with E-state index in [1.165, 1.54) is 12.1 Å². The first kappa shape index (κ1) is 13.4. The minimum Gasteiger partial charge on any atom is -0.444 e. The first-order valence-corrected chi connectivity index (χ1v) is 6.09. The van der Waals surface area contributed by atoms with Crippen LogP contribution < -0.4 is 5.32 Å². The van der Waals surface area contributed by atoms with E-state index < -0.39 is 4.92 Å². The number of benzene rings is 1. The predicted octanol–water partition coefficient (Wildman–Crippen LogP) is 3.41. The van der Waals surface area contributed by atoms with Crippen molar-refractivity contribution in [2.45, 2.75) is 19.9 Å². The molecule has 0 aliphatic rings. The number of rotatable bonds is 5. The first-order chi connectivity index (χ1) is 9.10. The molecule has 0 aliphatic heterocycles. The average molecular weight is 282 g/mol. The van der Waals surface area contributed by atoms with Gasteiger partial charge in [0.05, 0.1) is 28.4 Å². The van der Waals surface area contributed by atoms with Gasteiger partial charge in [-0.2, -0.15) is 0 Å². The average Bonchev–Trinajstić information content (AvgIpc) is 2.85. The molecule has 19 heavy (non-hydrogen) atoms. The van der Waals surface area contributed by atoms with Gasteiger partial charge in [0.15, 0.2) is 0 Å². The van der Waals surface area contributed by atoms with Crippen LogP contribution in [0, 0.1) is 10.1 Å². The van der Waals surface area contributed by atoms with Gasteiger partial charge < -0.3 is 9.73 Å². The number of aryl methyl sites for hydroxylation is 1. The number of nitrogens with zero attached hydrogens (tertiary/aromatic N) is 2. The van der Waals surface area contributed by atoms with Crippen molar-refractivity contribution in [2.75, 3.05) is 5.32 Å². The van der Waals surface area contributed by atoms with Crippen molar-refractivity contribution in [2.24, 2.45) is 0 Å². The molecule has 1 N–H and O–H groups in total. The summed E-state index contributed by atoms with van der Waals surface area (Å²) in [4.78, 5) is 14.2. The first-order valence-electron chi connectivity index (χ1n) is 5.71. The Labute approximate surface area is 114 Å². The molecule has 1 heterocycles. The van der Waals surface area contributed by atoms with Crippen LogP contribution in [0.3, 0.4) is 0 Å². The van der Waals surface area contributed by atoms with E-state index in [-0.39, 0.29) is 10.7 Å². The Balaban J connectivity index is 2.05. The standard InChI is InChI=1S/C12H12ClN3O3/c1-2-9-6-15-12(19-9)7-14-11-4-3-8(16(17)18)5-10(11)13/h3-6,14H,2,7H2,1H3. The molecule has 2 rings (SSSR count). The number of hydrogen-bond donors (Lipinski definition) is 1. The number of nitro benzene ring substituents is 1. The maximum absolute atomic E-state index is 10.6. The maximum atomic E-state index is 10.6. The maximum Gasteiger partial charge on any atom is 0.271 e. The van der Waals surface area contributed by atoms with Crippen molar-refractivity contribution in [3.63, 3.8) is 0 Å². The normalized spacial score (nSPS) is 10.4. The zero-order valence-electron chi connectivity index (χ0n) is 10.2. The van der Waals surface area contributed by atoms with Crippen molar-refractivity contribution >= 4 is 23.0 Å². The molecule has 0 radical (unpaired) electrons. The minimum atomic E-state index is -0.489. The monoisotopic (exact) mass is 281 g/mol. The molecular weight excluding hydrogens is 270 g/mol. The summed E-state index contributed by atoms with van der Waals surface area (Å²) in [7, 11) is 0. The second-order valence-corrected chi connectivity index (χ2v) is 4.26. The molecular formula is C12H12ClN3O3. The van der Waals surface area contributed by atoms with Crippen molar-refractivity contribution in [3.05, 3.63) is 51.2 Å². The highest BCUT2D eigenvalue weighted by molar-refractivity contribution is 6.33. The van der Waals surface area contributed by atoms with Gasteiger partial charge in [-0.1, -0.05) is 18.5 Å². The van der Waals surface area contributed by atoms with Gasteiger partial charge in [-0.15, -0.1) is 0 Å². The quantitative estimate of drug-likeness (QED) is 0.671. The molecule has 2 aromatic rings. The van der Waals surface area contributed by atoms with Crippen molar-refractivity contribution in [3.8, 4) is 0 Å². The predicted molar refractivity (Wildman–Crippen MR) is 71.3 cm³/mol. The molecule has 0 saturated carbocycles. The summed E-state index contributed by atoms with van der Waals surface area (Å²) in [6, 6.07) is 4.25. The highest BCUT2D eigenvalue weighted by atomic mass is 35.5. The van der Waals surface area contributed by atoms with E-state index in [0.717, 1.165) is 12.2 Å². The summed E-state index contributed by atoms with van der Waals surface area (Å²) >= 11 is 5.95. The molecule has 0 saturated heterocycles. The zero-order valence-corrected chi connectivity index (χ0v) is 11.0. The smallest absolute Gasteiger partial charge is 0.271 e. The third-order valence-electron chi connectivity index (χ3n) is 2.54. The lowest BCUT2D eigenvalue weighted by atomic mass is 10.3. The van der Waals surface area contributed by atoms with E-state index >= 15 is 0 Å².